The molecular weight excluding hydrogens is 194 g/mol. The first-order chi connectivity index (χ1) is 7.18. The van der Waals surface area contributed by atoms with Crippen molar-refractivity contribution in [1.29, 1.82) is 0 Å². The van der Waals surface area contributed by atoms with Gasteiger partial charge in [-0.3, -0.25) is 0 Å². The molecule has 0 atom stereocenters. The molecule has 2 heteroatoms. The van der Waals surface area contributed by atoms with E-state index in [9.17, 15) is 8.78 Å². The summed E-state index contributed by atoms with van der Waals surface area (Å²) in [6.45, 7) is 0. The highest BCUT2D eigenvalue weighted by Gasteiger charge is 2.32. The molecule has 0 nitrogen and oxygen atoms in total. The van der Waals surface area contributed by atoms with E-state index in [0.717, 1.165) is 17.0 Å². The van der Waals surface area contributed by atoms with Gasteiger partial charge in [0.15, 0.2) is 0 Å². The third-order valence-corrected chi connectivity index (χ3v) is 2.77. The lowest BCUT2D eigenvalue weighted by molar-refractivity contribution is 0.0541. The minimum Gasteiger partial charge on any atom is -0.196 e. The fourth-order valence-electron chi connectivity index (χ4n) is 2.07. The molecule has 0 aliphatic heterocycles. The van der Waals surface area contributed by atoms with Gasteiger partial charge in [-0.2, -0.15) is 8.78 Å². The first kappa shape index (κ1) is 8.60. The Labute approximate surface area is 85.8 Å². The van der Waals surface area contributed by atoms with Crippen molar-refractivity contribution in [2.45, 2.75) is 5.92 Å². The lowest BCUT2D eigenvalue weighted by Crippen LogP contribution is -2.13. The van der Waals surface area contributed by atoms with Crippen molar-refractivity contribution >= 4 is 16.8 Å². The standard InChI is InChI=1S/C13H8F2/c14-13(15)8-7-10-4-1-3-9-5-2-6-11(13)12(9)10/h1-8H. The summed E-state index contributed by atoms with van der Waals surface area (Å²) in [4.78, 5) is 0. The van der Waals surface area contributed by atoms with E-state index < -0.39 is 5.92 Å². The van der Waals surface area contributed by atoms with Crippen LogP contribution in [0.25, 0.3) is 16.8 Å². The average molecular weight is 202 g/mol. The van der Waals surface area contributed by atoms with Gasteiger partial charge in [-0.15, -0.1) is 0 Å². The zero-order valence-electron chi connectivity index (χ0n) is 7.87. The zero-order valence-corrected chi connectivity index (χ0v) is 7.87. The average Bonchev–Trinajstić information content (AvgIpc) is 2.24. The largest absolute Gasteiger partial charge is 0.292 e. The van der Waals surface area contributed by atoms with Crippen LogP contribution >= 0.6 is 0 Å². The van der Waals surface area contributed by atoms with Gasteiger partial charge in [0.05, 0.1) is 0 Å². The predicted molar refractivity (Wildman–Crippen MR) is 56.9 cm³/mol. The summed E-state index contributed by atoms with van der Waals surface area (Å²) in [7, 11) is 0. The van der Waals surface area contributed by atoms with Crippen LogP contribution < -0.4 is 0 Å². The lowest BCUT2D eigenvalue weighted by Gasteiger charge is -2.20. The maximum Gasteiger partial charge on any atom is 0.292 e. The second kappa shape index (κ2) is 2.66. The molecule has 0 unspecified atom stereocenters. The minimum absolute atomic E-state index is 0.109. The third kappa shape index (κ3) is 1.11. The fourth-order valence-corrected chi connectivity index (χ4v) is 2.07. The van der Waals surface area contributed by atoms with Crippen molar-refractivity contribution in [2.75, 3.05) is 0 Å². The van der Waals surface area contributed by atoms with Crippen LogP contribution in [0.3, 0.4) is 0 Å². The quantitative estimate of drug-likeness (QED) is 0.606. The SMILES string of the molecule is FC1(F)C=Cc2cccc3cccc1c23. The van der Waals surface area contributed by atoms with Crippen LogP contribution in [0.1, 0.15) is 11.1 Å². The maximum absolute atomic E-state index is 13.6. The summed E-state index contributed by atoms with van der Waals surface area (Å²) >= 11 is 0. The third-order valence-electron chi connectivity index (χ3n) is 2.77. The zero-order chi connectivity index (χ0) is 10.5. The summed E-state index contributed by atoms with van der Waals surface area (Å²) in [5, 5.41) is 1.54. The molecule has 0 bridgehead atoms. The normalized spacial score (nSPS) is 16.9. The predicted octanol–water partition coefficient (Wildman–Crippen LogP) is 3.96. The highest BCUT2D eigenvalue weighted by Crippen LogP contribution is 2.40. The Morgan fingerprint density at radius 3 is 2.47 bits per heavy atom. The van der Waals surface area contributed by atoms with Gasteiger partial charge in [0.2, 0.25) is 0 Å². The van der Waals surface area contributed by atoms with Crippen molar-refractivity contribution in [3.63, 3.8) is 0 Å². The Balaban J connectivity index is 2.52. The number of allylic oxidation sites excluding steroid dienone is 1. The van der Waals surface area contributed by atoms with Gasteiger partial charge in [0, 0.05) is 5.56 Å². The Morgan fingerprint density at radius 2 is 1.67 bits per heavy atom. The van der Waals surface area contributed by atoms with E-state index in [2.05, 4.69) is 0 Å². The molecule has 0 radical (unpaired) electrons. The van der Waals surface area contributed by atoms with E-state index in [4.69, 9.17) is 0 Å². The van der Waals surface area contributed by atoms with Gasteiger partial charge in [-0.1, -0.05) is 42.5 Å². The Morgan fingerprint density at radius 1 is 0.933 bits per heavy atom. The molecule has 2 aromatic carbocycles. The smallest absolute Gasteiger partial charge is 0.196 e. The number of benzene rings is 2. The fraction of sp³-hybridized carbons (Fsp3) is 0.0769. The molecule has 1 aliphatic carbocycles. The molecule has 74 valence electrons. The van der Waals surface area contributed by atoms with Crippen molar-refractivity contribution in [3.05, 3.63) is 53.6 Å². The van der Waals surface area contributed by atoms with Gasteiger partial charge in [0.25, 0.3) is 5.92 Å². The highest BCUT2D eigenvalue weighted by atomic mass is 19.3. The molecule has 0 spiro atoms. The van der Waals surface area contributed by atoms with Crippen molar-refractivity contribution in [1.82, 2.24) is 0 Å². The monoisotopic (exact) mass is 202 g/mol. The van der Waals surface area contributed by atoms with Crippen molar-refractivity contribution in [3.8, 4) is 0 Å². The molecule has 0 aromatic heterocycles. The van der Waals surface area contributed by atoms with Gasteiger partial charge in [-0.05, 0) is 22.4 Å². The number of halogens is 2. The van der Waals surface area contributed by atoms with Crippen LogP contribution in [0.5, 0.6) is 0 Å². The van der Waals surface area contributed by atoms with Crippen LogP contribution in [0.4, 0.5) is 8.78 Å². The molecule has 2 aromatic rings. The van der Waals surface area contributed by atoms with E-state index in [0.29, 0.717) is 5.39 Å². The molecule has 1 aliphatic rings. The summed E-state index contributed by atoms with van der Waals surface area (Å²) in [6, 6.07) is 10.6. The summed E-state index contributed by atoms with van der Waals surface area (Å²) < 4.78 is 27.1. The molecule has 0 N–H and O–H groups in total. The molecule has 0 saturated carbocycles. The molecule has 3 rings (SSSR count). The van der Waals surface area contributed by atoms with Crippen LogP contribution in [-0.4, -0.2) is 0 Å². The van der Waals surface area contributed by atoms with Crippen LogP contribution in [0.15, 0.2) is 42.5 Å². The van der Waals surface area contributed by atoms with E-state index >= 15 is 0 Å². The summed E-state index contributed by atoms with van der Waals surface area (Å²) in [5.74, 6) is -2.84. The topological polar surface area (TPSA) is 0 Å². The van der Waals surface area contributed by atoms with Crippen molar-refractivity contribution in [2.24, 2.45) is 0 Å². The lowest BCUT2D eigenvalue weighted by atomic mass is 9.91. The summed E-state index contributed by atoms with van der Waals surface area (Å²) in [5.41, 5.74) is 0.979. The number of rotatable bonds is 0. The van der Waals surface area contributed by atoms with Gasteiger partial charge < -0.3 is 0 Å². The number of alkyl halides is 2. The maximum atomic E-state index is 13.6. The van der Waals surface area contributed by atoms with Gasteiger partial charge in [-0.25, -0.2) is 0 Å². The second-order valence-corrected chi connectivity index (χ2v) is 3.71. The van der Waals surface area contributed by atoms with E-state index in [-0.39, 0.29) is 5.56 Å². The van der Waals surface area contributed by atoms with Crippen molar-refractivity contribution < 1.29 is 8.78 Å². The number of hydrogen-bond donors (Lipinski definition) is 0. The molecule has 0 saturated heterocycles. The summed E-state index contributed by atoms with van der Waals surface area (Å²) in [6.07, 6.45) is 2.46. The molecule has 0 fully saturated rings. The Kier molecular flexibility index (Phi) is 1.52. The molecular formula is C13H8F2. The second-order valence-electron chi connectivity index (χ2n) is 3.71. The van der Waals surface area contributed by atoms with E-state index in [1.165, 1.54) is 12.1 Å². The van der Waals surface area contributed by atoms with Crippen LogP contribution in [0.2, 0.25) is 0 Å². The van der Waals surface area contributed by atoms with Crippen LogP contribution in [0, 0.1) is 0 Å². The first-order valence-electron chi connectivity index (χ1n) is 4.78. The van der Waals surface area contributed by atoms with E-state index in [1.807, 2.05) is 24.3 Å². The van der Waals surface area contributed by atoms with Gasteiger partial charge in [0.1, 0.15) is 0 Å². The number of hydrogen-bond acceptors (Lipinski definition) is 0. The molecule has 0 amide bonds. The van der Waals surface area contributed by atoms with Crippen LogP contribution in [-0.2, 0) is 5.92 Å². The Hall–Kier alpha value is -1.70. The minimum atomic E-state index is -2.84. The Bertz CT molecular complexity index is 563. The van der Waals surface area contributed by atoms with Gasteiger partial charge >= 0.3 is 0 Å². The molecule has 0 heterocycles. The molecule has 15 heavy (non-hydrogen) atoms. The first-order valence-corrected chi connectivity index (χ1v) is 4.78. The van der Waals surface area contributed by atoms with E-state index in [1.54, 1.807) is 6.07 Å². The highest BCUT2D eigenvalue weighted by molar-refractivity contribution is 5.95.